The van der Waals surface area contributed by atoms with Gasteiger partial charge in [0, 0.05) is 18.1 Å². The molecule has 2 heterocycles. The highest BCUT2D eigenvalue weighted by Crippen LogP contribution is 2.30. The predicted octanol–water partition coefficient (Wildman–Crippen LogP) is 5.91. The van der Waals surface area contributed by atoms with Crippen LogP contribution in [0.4, 0.5) is 5.82 Å². The van der Waals surface area contributed by atoms with E-state index < -0.39 is 6.10 Å². The summed E-state index contributed by atoms with van der Waals surface area (Å²) in [5.41, 5.74) is 9.17. The third-order valence-electron chi connectivity index (χ3n) is 7.53. The van der Waals surface area contributed by atoms with Crippen LogP contribution in [0.2, 0.25) is 0 Å². The number of aryl methyl sites for hydroxylation is 1. The van der Waals surface area contributed by atoms with E-state index in [0.717, 1.165) is 42.5 Å². The van der Waals surface area contributed by atoms with Crippen LogP contribution >= 0.6 is 0 Å². The topological polar surface area (TPSA) is 134 Å². The molecule has 0 fully saturated rings. The summed E-state index contributed by atoms with van der Waals surface area (Å²) < 4.78 is 11.9. The van der Waals surface area contributed by atoms with Crippen LogP contribution in [0, 0.1) is 0 Å². The van der Waals surface area contributed by atoms with E-state index in [2.05, 4.69) is 23.0 Å². The number of nitrogen functional groups attached to an aromatic ring is 1. The molecular formula is C33H49N3O5. The van der Waals surface area contributed by atoms with Gasteiger partial charge in [-0.05, 0) is 92.0 Å². The average Bonchev–Trinajstić information content (AvgIpc) is 3.48. The minimum Gasteiger partial charge on any atom is -0.504 e. The van der Waals surface area contributed by atoms with Gasteiger partial charge in [-0.3, -0.25) is 0 Å². The van der Waals surface area contributed by atoms with Gasteiger partial charge in [0.05, 0.1) is 32.0 Å². The number of nitrogens with zero attached hydrogens (tertiary/aromatic N) is 1. The lowest BCUT2D eigenvalue weighted by atomic mass is 9.92. The molecule has 226 valence electrons. The van der Waals surface area contributed by atoms with Crippen LogP contribution < -0.4 is 10.5 Å². The molecule has 41 heavy (non-hydrogen) atoms. The lowest BCUT2D eigenvalue weighted by molar-refractivity contribution is -0.00844. The van der Waals surface area contributed by atoms with Crippen LogP contribution in [0.1, 0.15) is 87.4 Å². The number of aliphatic hydroxyl groups is 2. The number of H-pyrrole nitrogens is 1. The Morgan fingerprint density at radius 3 is 2.61 bits per heavy atom. The van der Waals surface area contributed by atoms with Gasteiger partial charge in [-0.25, -0.2) is 4.98 Å². The standard InChI is InChI=1S/C33H49N3O5/c1-2-3-4-5-6-9-30(40-20-18-37)24-29(38)12-10-25-11-13-31(39)32(21-25)41-19-15-27(22-28-8-7-16-35-28)26-14-17-36-33(34)23-26/h7-8,11,13-14,16-17,21,23,27,29-30,35,37-39H,2-6,9-10,12,15,18-20,22,24H2,1H3,(H2,34,36). The Labute approximate surface area is 244 Å². The molecule has 0 amide bonds. The van der Waals surface area contributed by atoms with Gasteiger partial charge in [0.15, 0.2) is 11.5 Å². The summed E-state index contributed by atoms with van der Waals surface area (Å²) in [6.07, 6.45) is 13.3. The van der Waals surface area contributed by atoms with Crippen molar-refractivity contribution in [2.75, 3.05) is 25.6 Å². The Morgan fingerprint density at radius 1 is 1.00 bits per heavy atom. The minimum atomic E-state index is -0.506. The Bertz CT molecular complexity index is 1110. The first kappa shape index (κ1) is 32.4. The number of nitrogens with two attached hydrogens (primary N) is 1. The lowest BCUT2D eigenvalue weighted by Crippen LogP contribution is -2.23. The molecule has 3 unspecified atom stereocenters. The van der Waals surface area contributed by atoms with Gasteiger partial charge in [-0.1, -0.05) is 45.1 Å². The van der Waals surface area contributed by atoms with E-state index in [1.807, 2.05) is 36.5 Å². The predicted molar refractivity (Wildman–Crippen MR) is 163 cm³/mol. The maximum atomic E-state index is 10.7. The molecule has 0 aliphatic carbocycles. The fourth-order valence-electron chi connectivity index (χ4n) is 5.23. The van der Waals surface area contributed by atoms with E-state index in [4.69, 9.17) is 15.2 Å². The second kappa shape index (κ2) is 18.4. The Hall–Kier alpha value is -3.07. The molecular weight excluding hydrogens is 518 g/mol. The molecule has 3 rings (SSSR count). The van der Waals surface area contributed by atoms with Crippen LogP contribution in [-0.4, -0.2) is 57.3 Å². The highest BCUT2D eigenvalue weighted by Gasteiger charge is 2.17. The first-order chi connectivity index (χ1) is 20.0. The molecule has 0 bridgehead atoms. The van der Waals surface area contributed by atoms with Gasteiger partial charge in [0.25, 0.3) is 0 Å². The number of unbranched alkanes of at least 4 members (excludes halogenated alkanes) is 4. The number of nitrogens with one attached hydrogen (secondary N) is 1. The molecule has 3 aromatic rings. The highest BCUT2D eigenvalue weighted by molar-refractivity contribution is 5.42. The Balaban J connectivity index is 1.51. The van der Waals surface area contributed by atoms with Crippen molar-refractivity contribution in [2.24, 2.45) is 0 Å². The summed E-state index contributed by atoms with van der Waals surface area (Å²) in [4.78, 5) is 7.39. The van der Waals surface area contributed by atoms with Gasteiger partial charge in [0.1, 0.15) is 5.82 Å². The summed E-state index contributed by atoms with van der Waals surface area (Å²) in [7, 11) is 0. The van der Waals surface area contributed by atoms with E-state index in [-0.39, 0.29) is 24.4 Å². The van der Waals surface area contributed by atoms with Crippen LogP contribution in [0.5, 0.6) is 11.5 Å². The zero-order valence-corrected chi connectivity index (χ0v) is 24.5. The maximum Gasteiger partial charge on any atom is 0.161 e. The van der Waals surface area contributed by atoms with Crippen molar-refractivity contribution in [3.63, 3.8) is 0 Å². The number of aromatic hydroxyl groups is 1. The normalized spacial score (nSPS) is 13.6. The fourth-order valence-corrected chi connectivity index (χ4v) is 5.23. The minimum absolute atomic E-state index is 0.0119. The molecule has 8 heteroatoms. The number of aromatic nitrogens is 2. The van der Waals surface area contributed by atoms with Crippen LogP contribution in [-0.2, 0) is 17.6 Å². The first-order valence-corrected chi connectivity index (χ1v) is 15.2. The van der Waals surface area contributed by atoms with Crippen molar-refractivity contribution in [3.8, 4) is 11.5 Å². The molecule has 6 N–H and O–H groups in total. The monoisotopic (exact) mass is 567 g/mol. The number of rotatable bonds is 21. The van der Waals surface area contributed by atoms with Crippen molar-refractivity contribution in [3.05, 3.63) is 71.7 Å². The van der Waals surface area contributed by atoms with Gasteiger partial charge in [-0.2, -0.15) is 0 Å². The zero-order valence-electron chi connectivity index (χ0n) is 24.5. The number of aliphatic hydroxyl groups excluding tert-OH is 2. The fraction of sp³-hybridized carbons (Fsp3) is 0.545. The maximum absolute atomic E-state index is 10.7. The number of phenolic OH excluding ortho intramolecular Hbond substituents is 1. The third kappa shape index (κ3) is 12.1. The third-order valence-corrected chi connectivity index (χ3v) is 7.53. The Kier molecular flexibility index (Phi) is 14.5. The summed E-state index contributed by atoms with van der Waals surface area (Å²) in [6, 6.07) is 13.3. The van der Waals surface area contributed by atoms with E-state index in [1.165, 1.54) is 25.7 Å². The quantitative estimate of drug-likeness (QED) is 0.101. The van der Waals surface area contributed by atoms with Crippen LogP contribution in [0.3, 0.4) is 0 Å². The molecule has 0 radical (unpaired) electrons. The number of ether oxygens (including phenoxy) is 2. The second-order valence-electron chi connectivity index (χ2n) is 10.9. The lowest BCUT2D eigenvalue weighted by Gasteiger charge is -2.21. The number of anilines is 1. The van der Waals surface area contributed by atoms with Gasteiger partial charge >= 0.3 is 0 Å². The Morgan fingerprint density at radius 2 is 1.85 bits per heavy atom. The van der Waals surface area contributed by atoms with E-state index in [9.17, 15) is 15.3 Å². The highest BCUT2D eigenvalue weighted by atomic mass is 16.5. The summed E-state index contributed by atoms with van der Waals surface area (Å²) >= 11 is 0. The van der Waals surface area contributed by atoms with Crippen LogP contribution in [0.25, 0.3) is 0 Å². The SMILES string of the molecule is CCCCCCCC(CC(O)CCc1ccc(O)c(OCCC(Cc2ccc[nH]2)c2ccnc(N)c2)c1)OCCO. The number of benzene rings is 1. The number of pyridine rings is 1. The van der Waals surface area contributed by atoms with Gasteiger partial charge in [0.2, 0.25) is 0 Å². The molecule has 3 atom stereocenters. The van der Waals surface area contributed by atoms with Crippen molar-refractivity contribution in [2.45, 2.75) is 95.7 Å². The number of hydrogen-bond donors (Lipinski definition) is 5. The average molecular weight is 568 g/mol. The molecule has 0 spiro atoms. The van der Waals surface area contributed by atoms with E-state index in [1.54, 1.807) is 12.3 Å². The van der Waals surface area contributed by atoms with Crippen molar-refractivity contribution < 1.29 is 24.8 Å². The largest absolute Gasteiger partial charge is 0.504 e. The smallest absolute Gasteiger partial charge is 0.161 e. The molecule has 0 saturated heterocycles. The van der Waals surface area contributed by atoms with Crippen molar-refractivity contribution >= 4 is 5.82 Å². The molecule has 0 saturated carbocycles. The van der Waals surface area contributed by atoms with E-state index >= 15 is 0 Å². The summed E-state index contributed by atoms with van der Waals surface area (Å²) in [5, 5.41) is 30.4. The second-order valence-corrected chi connectivity index (χ2v) is 10.9. The molecule has 0 aliphatic rings. The first-order valence-electron chi connectivity index (χ1n) is 15.2. The van der Waals surface area contributed by atoms with Crippen molar-refractivity contribution in [1.29, 1.82) is 0 Å². The van der Waals surface area contributed by atoms with Gasteiger partial charge in [-0.15, -0.1) is 0 Å². The van der Waals surface area contributed by atoms with Crippen molar-refractivity contribution in [1.82, 2.24) is 9.97 Å². The zero-order chi connectivity index (χ0) is 29.3. The molecule has 1 aromatic carbocycles. The summed E-state index contributed by atoms with van der Waals surface area (Å²) in [5.74, 6) is 1.21. The molecule has 0 aliphatic heterocycles. The molecule has 2 aromatic heterocycles. The summed E-state index contributed by atoms with van der Waals surface area (Å²) in [6.45, 7) is 2.91. The number of phenols is 1. The number of hydrogen-bond acceptors (Lipinski definition) is 7. The van der Waals surface area contributed by atoms with E-state index in [0.29, 0.717) is 44.0 Å². The number of aromatic amines is 1. The van der Waals surface area contributed by atoms with Crippen LogP contribution in [0.15, 0.2) is 54.9 Å². The molecule has 8 nitrogen and oxygen atoms in total. The van der Waals surface area contributed by atoms with Gasteiger partial charge < -0.3 is 35.5 Å².